The molecule has 37 valence electrons. The second-order valence-electron chi connectivity index (χ2n) is 0.785. The van der Waals surface area contributed by atoms with Gasteiger partial charge in [0.2, 0.25) is 0 Å². The van der Waals surface area contributed by atoms with Crippen molar-refractivity contribution in [2.75, 3.05) is 12.6 Å². The third-order valence-corrected chi connectivity index (χ3v) is 1.73. The Kier molecular flexibility index (Phi) is 4.77. The molecule has 0 heterocycles. The van der Waals surface area contributed by atoms with Gasteiger partial charge >= 0.3 is 0 Å². The van der Waals surface area contributed by atoms with Crippen LogP contribution in [-0.2, 0) is 0 Å². The SMILES string of the molecule is FC[C](I)CCl. The Labute approximate surface area is 55.2 Å². The van der Waals surface area contributed by atoms with Gasteiger partial charge in [-0.05, 0) is 0 Å². The Morgan fingerprint density at radius 1 is 1.83 bits per heavy atom. The van der Waals surface area contributed by atoms with E-state index in [0.717, 1.165) is 0 Å². The van der Waals surface area contributed by atoms with Crippen molar-refractivity contribution < 1.29 is 4.39 Å². The van der Waals surface area contributed by atoms with Gasteiger partial charge in [0.25, 0.3) is 0 Å². The number of halogens is 3. The van der Waals surface area contributed by atoms with Crippen LogP contribution >= 0.6 is 34.2 Å². The van der Waals surface area contributed by atoms with Gasteiger partial charge in [0.1, 0.15) is 6.67 Å². The largest absolute Gasteiger partial charge is 0.250 e. The maximum Gasteiger partial charge on any atom is 0.107 e. The first-order chi connectivity index (χ1) is 2.81. The molecule has 0 rings (SSSR count). The average Bonchev–Trinajstić information content (AvgIpc) is 1.65. The molecule has 0 unspecified atom stereocenters. The number of hydrogen-bond donors (Lipinski definition) is 0. The molecule has 0 N–H and O–H groups in total. The Balaban J connectivity index is 2.75. The molecule has 0 saturated heterocycles. The van der Waals surface area contributed by atoms with Crippen LogP contribution in [0.4, 0.5) is 4.39 Å². The van der Waals surface area contributed by atoms with E-state index >= 15 is 0 Å². The summed E-state index contributed by atoms with van der Waals surface area (Å²) in [5.74, 6) is 0.330. The number of rotatable bonds is 2. The molecule has 0 spiro atoms. The van der Waals surface area contributed by atoms with Crippen molar-refractivity contribution in [2.24, 2.45) is 0 Å². The minimum absolute atomic E-state index is 0.330. The fourth-order valence-corrected chi connectivity index (χ4v) is 0.107. The first-order valence-electron chi connectivity index (χ1n) is 1.43. The highest BCUT2D eigenvalue weighted by molar-refractivity contribution is 14.1. The lowest BCUT2D eigenvalue weighted by atomic mass is 10.6. The quantitative estimate of drug-likeness (QED) is 0.495. The third kappa shape index (κ3) is 3.15. The Hall–Kier alpha value is 0.950. The molecular formula is C3H4ClFI. The second-order valence-corrected chi connectivity index (χ2v) is 2.58. The molecule has 0 aromatic rings. The van der Waals surface area contributed by atoms with Crippen molar-refractivity contribution in [3.8, 4) is 0 Å². The summed E-state index contributed by atoms with van der Waals surface area (Å²) in [4.78, 5) is 0. The average molecular weight is 221 g/mol. The van der Waals surface area contributed by atoms with Gasteiger partial charge in [0.05, 0.1) is 3.92 Å². The minimum atomic E-state index is -0.399. The van der Waals surface area contributed by atoms with Gasteiger partial charge < -0.3 is 0 Å². The molecule has 0 bridgehead atoms. The van der Waals surface area contributed by atoms with Crippen LogP contribution in [0, 0.1) is 3.92 Å². The highest BCUT2D eigenvalue weighted by Gasteiger charge is 1.97. The molecule has 0 nitrogen and oxygen atoms in total. The molecule has 0 aliphatic rings. The van der Waals surface area contributed by atoms with Gasteiger partial charge in [-0.3, -0.25) is 0 Å². The summed E-state index contributed by atoms with van der Waals surface area (Å²) in [5.41, 5.74) is 0. The van der Waals surface area contributed by atoms with Crippen molar-refractivity contribution in [1.29, 1.82) is 0 Å². The first-order valence-corrected chi connectivity index (χ1v) is 3.04. The van der Waals surface area contributed by atoms with E-state index in [-0.39, 0.29) is 0 Å². The summed E-state index contributed by atoms with van der Waals surface area (Å²) in [7, 11) is 0. The van der Waals surface area contributed by atoms with Gasteiger partial charge in [-0.1, -0.05) is 22.6 Å². The Morgan fingerprint density at radius 3 is 2.33 bits per heavy atom. The van der Waals surface area contributed by atoms with Gasteiger partial charge in [-0.2, -0.15) is 0 Å². The van der Waals surface area contributed by atoms with Crippen molar-refractivity contribution in [1.82, 2.24) is 0 Å². The normalized spacial score (nSPS) is 10.0. The summed E-state index contributed by atoms with van der Waals surface area (Å²) in [5, 5.41) is 0. The molecule has 0 saturated carbocycles. The zero-order valence-corrected chi connectivity index (χ0v) is 5.96. The lowest BCUT2D eigenvalue weighted by Gasteiger charge is -1.90. The second kappa shape index (κ2) is 4.12. The molecule has 0 fully saturated rings. The fraction of sp³-hybridized carbons (Fsp3) is 0.667. The van der Waals surface area contributed by atoms with Crippen LogP contribution in [0.5, 0.6) is 0 Å². The zero-order valence-electron chi connectivity index (χ0n) is 3.05. The van der Waals surface area contributed by atoms with Gasteiger partial charge in [0.15, 0.2) is 0 Å². The van der Waals surface area contributed by atoms with Crippen LogP contribution in [0.25, 0.3) is 0 Å². The smallest absolute Gasteiger partial charge is 0.107 e. The van der Waals surface area contributed by atoms with Crippen molar-refractivity contribution in [2.45, 2.75) is 0 Å². The zero-order chi connectivity index (χ0) is 4.99. The maximum absolute atomic E-state index is 11.3. The molecule has 3 heteroatoms. The highest BCUT2D eigenvalue weighted by atomic mass is 127. The van der Waals surface area contributed by atoms with Crippen LogP contribution in [0.3, 0.4) is 0 Å². The van der Waals surface area contributed by atoms with E-state index in [0.29, 0.717) is 9.80 Å². The standard InChI is InChI=1S/C3H4ClFI/c4-1-3(6)2-5/h1-2H2. The first kappa shape index (κ1) is 6.95. The Morgan fingerprint density at radius 2 is 2.33 bits per heavy atom. The highest BCUT2D eigenvalue weighted by Crippen LogP contribution is 2.11. The monoisotopic (exact) mass is 221 g/mol. The number of alkyl halides is 2. The number of hydrogen-bond acceptors (Lipinski definition) is 0. The van der Waals surface area contributed by atoms with Crippen molar-refractivity contribution in [3.05, 3.63) is 3.92 Å². The summed E-state index contributed by atoms with van der Waals surface area (Å²) >= 11 is 7.05. The van der Waals surface area contributed by atoms with E-state index in [2.05, 4.69) is 0 Å². The van der Waals surface area contributed by atoms with E-state index in [1.165, 1.54) is 0 Å². The molecule has 6 heavy (non-hydrogen) atoms. The Bertz CT molecular complexity index is 30.0. The lowest BCUT2D eigenvalue weighted by Crippen LogP contribution is -1.87. The molecule has 0 aliphatic heterocycles. The third-order valence-electron chi connectivity index (χ3n) is 0.290. The predicted molar refractivity (Wildman–Crippen MR) is 34.0 cm³/mol. The van der Waals surface area contributed by atoms with Crippen LogP contribution in [0.15, 0.2) is 0 Å². The lowest BCUT2D eigenvalue weighted by molar-refractivity contribution is 0.537. The van der Waals surface area contributed by atoms with E-state index in [4.69, 9.17) is 11.6 Å². The topological polar surface area (TPSA) is 0 Å². The van der Waals surface area contributed by atoms with Crippen LogP contribution < -0.4 is 0 Å². The van der Waals surface area contributed by atoms with Gasteiger partial charge in [-0.25, -0.2) is 4.39 Å². The molecule has 0 atom stereocenters. The minimum Gasteiger partial charge on any atom is -0.250 e. The summed E-state index contributed by atoms with van der Waals surface area (Å²) in [6, 6.07) is 0. The van der Waals surface area contributed by atoms with Gasteiger partial charge in [0, 0.05) is 5.88 Å². The van der Waals surface area contributed by atoms with Crippen LogP contribution in [0.2, 0.25) is 0 Å². The van der Waals surface area contributed by atoms with Crippen LogP contribution in [-0.4, -0.2) is 12.6 Å². The molecule has 0 aliphatic carbocycles. The van der Waals surface area contributed by atoms with E-state index in [1.807, 2.05) is 22.6 Å². The molecule has 0 amide bonds. The van der Waals surface area contributed by atoms with Crippen LogP contribution in [0.1, 0.15) is 0 Å². The predicted octanol–water partition coefficient (Wildman–Crippen LogP) is 2.16. The van der Waals surface area contributed by atoms with E-state index in [9.17, 15) is 4.39 Å². The molecule has 0 aromatic heterocycles. The summed E-state index contributed by atoms with van der Waals surface area (Å²) in [6.07, 6.45) is 0. The van der Waals surface area contributed by atoms with E-state index in [1.54, 1.807) is 0 Å². The molecule has 0 aromatic carbocycles. The van der Waals surface area contributed by atoms with E-state index < -0.39 is 6.67 Å². The molecular weight excluding hydrogens is 217 g/mol. The van der Waals surface area contributed by atoms with Gasteiger partial charge in [-0.15, -0.1) is 11.6 Å². The molecule has 1 radical (unpaired) electrons. The fourth-order valence-electron chi connectivity index (χ4n) is 0.0357. The summed E-state index contributed by atoms with van der Waals surface area (Å²) in [6.45, 7) is -0.399. The van der Waals surface area contributed by atoms with Crippen molar-refractivity contribution >= 4 is 34.2 Å². The maximum atomic E-state index is 11.3. The van der Waals surface area contributed by atoms with Crippen molar-refractivity contribution in [3.63, 3.8) is 0 Å². The summed E-state index contributed by atoms with van der Waals surface area (Å²) < 4.78 is 11.9.